The molecule has 17 heavy (non-hydrogen) atoms. The molecule has 2 nitrogen and oxygen atoms in total. The van der Waals surface area contributed by atoms with E-state index in [2.05, 4.69) is 50.5 Å². The van der Waals surface area contributed by atoms with Gasteiger partial charge in [0.2, 0.25) is 0 Å². The molecule has 0 spiro atoms. The Bertz CT molecular complexity index is 358. The Morgan fingerprint density at radius 2 is 1.65 bits per heavy atom. The second-order valence-corrected chi connectivity index (χ2v) is 4.96. The molecule has 0 saturated heterocycles. The van der Waals surface area contributed by atoms with E-state index in [0.717, 1.165) is 13.1 Å². The third-order valence-corrected chi connectivity index (χ3v) is 3.49. The normalized spacial score (nSPS) is 12.5. The Morgan fingerprint density at radius 1 is 1.00 bits per heavy atom. The summed E-state index contributed by atoms with van der Waals surface area (Å²) in [6.07, 6.45) is 1.21. The van der Waals surface area contributed by atoms with E-state index in [0.29, 0.717) is 5.92 Å². The number of rotatable bonds is 6. The topological polar surface area (TPSA) is 24.1 Å². The van der Waals surface area contributed by atoms with Crippen molar-refractivity contribution in [2.45, 2.75) is 34.1 Å². The summed E-state index contributed by atoms with van der Waals surface area (Å²) in [5, 5.41) is 6.83. The molecule has 1 unspecified atom stereocenters. The minimum atomic E-state index is 0.695. The average molecular weight is 234 g/mol. The molecule has 0 aromatic heterocycles. The molecule has 2 N–H and O–H groups in total. The van der Waals surface area contributed by atoms with Gasteiger partial charge in [0.1, 0.15) is 0 Å². The number of aryl methyl sites for hydroxylation is 3. The van der Waals surface area contributed by atoms with Gasteiger partial charge in [-0.05, 0) is 63.0 Å². The van der Waals surface area contributed by atoms with Crippen molar-refractivity contribution in [1.82, 2.24) is 5.32 Å². The minimum Gasteiger partial charge on any atom is -0.384 e. The van der Waals surface area contributed by atoms with Crippen molar-refractivity contribution in [2.75, 3.05) is 25.5 Å². The summed E-state index contributed by atoms with van der Waals surface area (Å²) in [6.45, 7) is 10.9. The van der Waals surface area contributed by atoms with Gasteiger partial charge in [0.05, 0.1) is 0 Å². The lowest BCUT2D eigenvalue weighted by molar-refractivity contribution is 0.506. The van der Waals surface area contributed by atoms with Crippen LogP contribution in [-0.4, -0.2) is 20.1 Å². The Balaban J connectivity index is 2.65. The largest absolute Gasteiger partial charge is 0.384 e. The lowest BCUT2D eigenvalue weighted by atomic mass is 10.0. The molecule has 1 aromatic rings. The van der Waals surface area contributed by atoms with Crippen LogP contribution in [0, 0.1) is 26.7 Å². The number of hydrogen-bond acceptors (Lipinski definition) is 2. The Hall–Kier alpha value is -1.02. The quantitative estimate of drug-likeness (QED) is 0.789. The molecular formula is C15H26N2. The highest BCUT2D eigenvalue weighted by Crippen LogP contribution is 2.20. The molecule has 96 valence electrons. The second kappa shape index (κ2) is 6.65. The molecule has 0 fully saturated rings. The maximum Gasteiger partial charge on any atom is 0.0372 e. The first-order valence-corrected chi connectivity index (χ1v) is 6.54. The molecule has 0 saturated carbocycles. The van der Waals surface area contributed by atoms with E-state index in [1.54, 1.807) is 0 Å². The number of benzene rings is 1. The fourth-order valence-corrected chi connectivity index (χ4v) is 2.05. The van der Waals surface area contributed by atoms with Gasteiger partial charge in [0.15, 0.2) is 0 Å². The van der Waals surface area contributed by atoms with Crippen LogP contribution in [0.1, 0.15) is 30.0 Å². The molecule has 0 aliphatic heterocycles. The van der Waals surface area contributed by atoms with E-state index in [4.69, 9.17) is 0 Å². The molecule has 0 radical (unpaired) electrons. The van der Waals surface area contributed by atoms with E-state index < -0.39 is 0 Å². The minimum absolute atomic E-state index is 0.695. The summed E-state index contributed by atoms with van der Waals surface area (Å²) in [5.74, 6) is 0.695. The maximum absolute atomic E-state index is 3.58. The van der Waals surface area contributed by atoms with Crippen LogP contribution in [0.15, 0.2) is 12.1 Å². The van der Waals surface area contributed by atoms with Crippen LogP contribution < -0.4 is 10.6 Å². The van der Waals surface area contributed by atoms with Crippen molar-refractivity contribution in [1.29, 1.82) is 0 Å². The Kier molecular flexibility index (Phi) is 5.49. The van der Waals surface area contributed by atoms with Gasteiger partial charge >= 0.3 is 0 Å². The third-order valence-electron chi connectivity index (χ3n) is 3.49. The summed E-state index contributed by atoms with van der Waals surface area (Å²) in [4.78, 5) is 0. The monoisotopic (exact) mass is 234 g/mol. The fourth-order valence-electron chi connectivity index (χ4n) is 2.05. The predicted molar refractivity (Wildman–Crippen MR) is 76.9 cm³/mol. The highest BCUT2D eigenvalue weighted by molar-refractivity contribution is 5.54. The van der Waals surface area contributed by atoms with Crippen LogP contribution in [0.2, 0.25) is 0 Å². The van der Waals surface area contributed by atoms with Gasteiger partial charge in [0.25, 0.3) is 0 Å². The Morgan fingerprint density at radius 3 is 2.24 bits per heavy atom. The zero-order valence-corrected chi connectivity index (χ0v) is 11.9. The average Bonchev–Trinajstić information content (AvgIpc) is 2.30. The van der Waals surface area contributed by atoms with Gasteiger partial charge in [-0.1, -0.05) is 19.4 Å². The molecule has 0 heterocycles. The molecule has 2 heteroatoms. The van der Waals surface area contributed by atoms with Crippen molar-refractivity contribution in [3.63, 3.8) is 0 Å². The van der Waals surface area contributed by atoms with Gasteiger partial charge < -0.3 is 10.6 Å². The van der Waals surface area contributed by atoms with Gasteiger partial charge in [-0.25, -0.2) is 0 Å². The standard InChI is InChI=1S/C15H26N2/c1-6-14(9-16-5)10-17-15-8-12(3)11(2)7-13(15)4/h7-8,14,16-17H,6,9-10H2,1-5H3. The van der Waals surface area contributed by atoms with Crippen molar-refractivity contribution in [2.24, 2.45) is 5.92 Å². The van der Waals surface area contributed by atoms with Crippen LogP contribution in [0.3, 0.4) is 0 Å². The highest BCUT2D eigenvalue weighted by Gasteiger charge is 2.06. The van der Waals surface area contributed by atoms with E-state index in [1.165, 1.54) is 28.8 Å². The van der Waals surface area contributed by atoms with Crippen LogP contribution in [0.5, 0.6) is 0 Å². The summed E-state index contributed by atoms with van der Waals surface area (Å²) >= 11 is 0. The van der Waals surface area contributed by atoms with Crippen molar-refractivity contribution in [3.8, 4) is 0 Å². The van der Waals surface area contributed by atoms with E-state index in [-0.39, 0.29) is 0 Å². The summed E-state index contributed by atoms with van der Waals surface area (Å²) < 4.78 is 0. The number of anilines is 1. The molecule has 1 rings (SSSR count). The van der Waals surface area contributed by atoms with E-state index in [1.807, 2.05) is 7.05 Å². The first kappa shape index (κ1) is 14.0. The lowest BCUT2D eigenvalue weighted by Gasteiger charge is -2.18. The fraction of sp³-hybridized carbons (Fsp3) is 0.600. The van der Waals surface area contributed by atoms with Crippen molar-refractivity contribution < 1.29 is 0 Å². The molecule has 1 aromatic carbocycles. The zero-order valence-electron chi connectivity index (χ0n) is 11.9. The van der Waals surface area contributed by atoms with Gasteiger partial charge in [-0.3, -0.25) is 0 Å². The van der Waals surface area contributed by atoms with Crippen LogP contribution >= 0.6 is 0 Å². The van der Waals surface area contributed by atoms with Crippen LogP contribution in [0.4, 0.5) is 5.69 Å². The van der Waals surface area contributed by atoms with Crippen molar-refractivity contribution in [3.05, 3.63) is 28.8 Å². The van der Waals surface area contributed by atoms with Gasteiger partial charge in [0, 0.05) is 12.2 Å². The summed E-state index contributed by atoms with van der Waals surface area (Å²) in [5.41, 5.74) is 5.35. The molecule has 0 bridgehead atoms. The first-order chi connectivity index (χ1) is 8.08. The smallest absolute Gasteiger partial charge is 0.0372 e. The SMILES string of the molecule is CCC(CNC)CNc1cc(C)c(C)cc1C. The van der Waals surface area contributed by atoms with Crippen molar-refractivity contribution >= 4 is 5.69 Å². The predicted octanol–water partition coefficient (Wildman–Crippen LogP) is 3.27. The number of hydrogen-bond donors (Lipinski definition) is 2. The second-order valence-electron chi connectivity index (χ2n) is 4.96. The van der Waals surface area contributed by atoms with E-state index in [9.17, 15) is 0 Å². The third kappa shape index (κ3) is 4.04. The molecule has 0 aliphatic carbocycles. The summed E-state index contributed by atoms with van der Waals surface area (Å²) in [6, 6.07) is 4.52. The molecule has 0 amide bonds. The molecule has 1 atom stereocenters. The first-order valence-electron chi connectivity index (χ1n) is 6.54. The summed E-state index contributed by atoms with van der Waals surface area (Å²) in [7, 11) is 2.02. The maximum atomic E-state index is 3.58. The molecular weight excluding hydrogens is 208 g/mol. The van der Waals surface area contributed by atoms with Gasteiger partial charge in [-0.2, -0.15) is 0 Å². The van der Waals surface area contributed by atoms with Gasteiger partial charge in [-0.15, -0.1) is 0 Å². The van der Waals surface area contributed by atoms with Crippen LogP contribution in [0.25, 0.3) is 0 Å². The van der Waals surface area contributed by atoms with Crippen LogP contribution in [-0.2, 0) is 0 Å². The Labute approximate surface area is 106 Å². The lowest BCUT2D eigenvalue weighted by Crippen LogP contribution is -2.25. The number of nitrogens with one attached hydrogen (secondary N) is 2. The van der Waals surface area contributed by atoms with E-state index >= 15 is 0 Å². The highest BCUT2D eigenvalue weighted by atomic mass is 14.9. The zero-order chi connectivity index (χ0) is 12.8. The molecule has 0 aliphatic rings.